The SMILES string of the molecule is O=C(Nc1ccc(CCBr)cc1)C(C(F)(F)F)C(F)(F)F. The Labute approximate surface area is 124 Å². The van der Waals surface area contributed by atoms with Crippen molar-refractivity contribution in [2.24, 2.45) is 5.92 Å². The molecule has 0 aliphatic heterocycles. The Bertz CT molecular complexity index is 468. The van der Waals surface area contributed by atoms with Gasteiger partial charge in [0.15, 0.2) is 0 Å². The highest BCUT2D eigenvalue weighted by molar-refractivity contribution is 9.09. The molecule has 9 heteroatoms. The zero-order valence-corrected chi connectivity index (χ0v) is 11.9. The second kappa shape index (κ2) is 6.67. The summed E-state index contributed by atoms with van der Waals surface area (Å²) in [5.74, 6) is -6.20. The zero-order valence-electron chi connectivity index (χ0n) is 10.4. The van der Waals surface area contributed by atoms with E-state index in [0.717, 1.165) is 5.56 Å². The Morgan fingerprint density at radius 2 is 1.52 bits per heavy atom. The lowest BCUT2D eigenvalue weighted by Gasteiger charge is -2.22. The van der Waals surface area contributed by atoms with Gasteiger partial charge in [0.25, 0.3) is 0 Å². The number of anilines is 1. The Kier molecular flexibility index (Phi) is 5.66. The van der Waals surface area contributed by atoms with Crippen LogP contribution >= 0.6 is 15.9 Å². The Morgan fingerprint density at radius 1 is 1.05 bits per heavy atom. The third-order valence-electron chi connectivity index (χ3n) is 2.52. The van der Waals surface area contributed by atoms with E-state index in [1.807, 2.05) is 0 Å². The molecule has 0 spiro atoms. The molecule has 0 saturated carbocycles. The molecule has 1 aromatic rings. The lowest BCUT2D eigenvalue weighted by atomic mass is 10.1. The average Bonchev–Trinajstić information content (AvgIpc) is 2.28. The molecule has 0 fully saturated rings. The summed E-state index contributed by atoms with van der Waals surface area (Å²) >= 11 is 3.19. The molecule has 0 aliphatic rings. The highest BCUT2D eigenvalue weighted by Crippen LogP contribution is 2.39. The fraction of sp³-hybridized carbons (Fsp3) is 0.417. The molecule has 0 aliphatic carbocycles. The molecule has 0 bridgehead atoms. The summed E-state index contributed by atoms with van der Waals surface area (Å²) in [6.07, 6.45) is -10.8. The molecule has 0 heterocycles. The Balaban J connectivity index is 2.87. The molecule has 1 amide bonds. The number of benzene rings is 1. The molecule has 21 heavy (non-hydrogen) atoms. The lowest BCUT2D eigenvalue weighted by Crippen LogP contribution is -2.45. The average molecular weight is 378 g/mol. The second-order valence-corrected chi connectivity index (χ2v) is 4.93. The molecule has 1 N–H and O–H groups in total. The number of alkyl halides is 7. The molecule has 0 radical (unpaired) electrons. The molecule has 1 rings (SSSR count). The van der Waals surface area contributed by atoms with Crippen LogP contribution in [0.2, 0.25) is 0 Å². The van der Waals surface area contributed by atoms with Crippen LogP contribution in [0, 0.1) is 5.92 Å². The number of nitrogens with one attached hydrogen (secondary N) is 1. The summed E-state index contributed by atoms with van der Waals surface area (Å²) in [6.45, 7) is 0. The molecule has 1 aromatic carbocycles. The van der Waals surface area contributed by atoms with Crippen molar-refractivity contribution in [3.8, 4) is 0 Å². The van der Waals surface area contributed by atoms with Crippen molar-refractivity contribution in [1.82, 2.24) is 0 Å². The topological polar surface area (TPSA) is 29.1 Å². The number of hydrogen-bond acceptors (Lipinski definition) is 1. The maximum Gasteiger partial charge on any atom is 0.409 e. The van der Waals surface area contributed by atoms with Crippen LogP contribution in [0.5, 0.6) is 0 Å². The van der Waals surface area contributed by atoms with Crippen LogP contribution in [0.1, 0.15) is 5.56 Å². The van der Waals surface area contributed by atoms with Crippen molar-refractivity contribution in [2.45, 2.75) is 18.8 Å². The van der Waals surface area contributed by atoms with Gasteiger partial charge >= 0.3 is 12.4 Å². The van der Waals surface area contributed by atoms with E-state index < -0.39 is 24.2 Å². The summed E-state index contributed by atoms with van der Waals surface area (Å²) in [6, 6.07) is 5.51. The fourth-order valence-corrected chi connectivity index (χ4v) is 2.02. The van der Waals surface area contributed by atoms with Crippen LogP contribution in [-0.4, -0.2) is 23.6 Å². The lowest BCUT2D eigenvalue weighted by molar-refractivity contribution is -0.272. The van der Waals surface area contributed by atoms with Gasteiger partial charge < -0.3 is 5.32 Å². The van der Waals surface area contributed by atoms with Crippen LogP contribution in [0.4, 0.5) is 32.0 Å². The van der Waals surface area contributed by atoms with E-state index in [-0.39, 0.29) is 5.69 Å². The molecule has 0 unspecified atom stereocenters. The largest absolute Gasteiger partial charge is 0.409 e. The van der Waals surface area contributed by atoms with Crippen LogP contribution in [0.15, 0.2) is 24.3 Å². The van der Waals surface area contributed by atoms with Crippen LogP contribution in [-0.2, 0) is 11.2 Å². The molecule has 0 atom stereocenters. The van der Waals surface area contributed by atoms with Crippen LogP contribution in [0.25, 0.3) is 0 Å². The van der Waals surface area contributed by atoms with Gasteiger partial charge in [0.2, 0.25) is 11.8 Å². The third-order valence-corrected chi connectivity index (χ3v) is 2.92. The normalized spacial score (nSPS) is 12.6. The van der Waals surface area contributed by atoms with E-state index in [2.05, 4.69) is 15.9 Å². The van der Waals surface area contributed by atoms with E-state index in [1.54, 1.807) is 5.32 Å². The number of rotatable bonds is 4. The predicted octanol–water partition coefficient (Wildman–Crippen LogP) is 4.30. The molecule has 0 saturated heterocycles. The van der Waals surface area contributed by atoms with Crippen molar-refractivity contribution >= 4 is 27.5 Å². The third kappa shape index (κ3) is 5.22. The van der Waals surface area contributed by atoms with Gasteiger partial charge in [0, 0.05) is 11.0 Å². The minimum Gasteiger partial charge on any atom is -0.325 e. The van der Waals surface area contributed by atoms with Crippen LogP contribution in [0.3, 0.4) is 0 Å². The first-order valence-corrected chi connectivity index (χ1v) is 6.77. The number of amides is 1. The first-order chi connectivity index (χ1) is 9.55. The predicted molar refractivity (Wildman–Crippen MR) is 68.2 cm³/mol. The summed E-state index contributed by atoms with van der Waals surface area (Å²) < 4.78 is 74.1. The van der Waals surface area contributed by atoms with Gasteiger partial charge in [-0.15, -0.1) is 0 Å². The maximum absolute atomic E-state index is 12.3. The standard InChI is InChI=1S/C12H10BrF6NO/c13-6-5-7-1-3-8(4-2-7)20-10(21)9(11(14,15)16)12(17,18)19/h1-4,9H,5-6H2,(H,20,21). The minimum atomic E-state index is -5.70. The van der Waals surface area contributed by atoms with Crippen molar-refractivity contribution < 1.29 is 31.1 Å². The van der Waals surface area contributed by atoms with E-state index in [0.29, 0.717) is 11.8 Å². The summed E-state index contributed by atoms with van der Waals surface area (Å²) in [5.41, 5.74) is 0.699. The van der Waals surface area contributed by atoms with E-state index in [1.165, 1.54) is 24.3 Å². The van der Waals surface area contributed by atoms with Gasteiger partial charge in [0.1, 0.15) is 0 Å². The second-order valence-electron chi connectivity index (χ2n) is 4.14. The first kappa shape index (κ1) is 17.8. The summed E-state index contributed by atoms with van der Waals surface area (Å²) in [4.78, 5) is 11.3. The van der Waals surface area contributed by atoms with E-state index >= 15 is 0 Å². The fourth-order valence-electron chi connectivity index (χ4n) is 1.56. The molecular formula is C12H10BrF6NO. The quantitative estimate of drug-likeness (QED) is 0.614. The Hall–Kier alpha value is -1.25. The van der Waals surface area contributed by atoms with Gasteiger partial charge in [-0.25, -0.2) is 0 Å². The van der Waals surface area contributed by atoms with Crippen molar-refractivity contribution in [3.05, 3.63) is 29.8 Å². The van der Waals surface area contributed by atoms with E-state index in [9.17, 15) is 31.1 Å². The molecule has 2 nitrogen and oxygen atoms in total. The van der Waals surface area contributed by atoms with Crippen LogP contribution < -0.4 is 5.32 Å². The van der Waals surface area contributed by atoms with E-state index in [4.69, 9.17) is 0 Å². The number of carbonyl (C=O) groups is 1. The van der Waals surface area contributed by atoms with Crippen molar-refractivity contribution in [1.29, 1.82) is 0 Å². The van der Waals surface area contributed by atoms with Crippen molar-refractivity contribution in [2.75, 3.05) is 10.6 Å². The minimum absolute atomic E-state index is 0.128. The first-order valence-electron chi connectivity index (χ1n) is 5.65. The molecule has 118 valence electrons. The van der Waals surface area contributed by atoms with Gasteiger partial charge in [-0.2, -0.15) is 26.3 Å². The number of carbonyl (C=O) groups excluding carboxylic acids is 1. The highest BCUT2D eigenvalue weighted by Gasteiger charge is 2.61. The van der Waals surface area contributed by atoms with Gasteiger partial charge in [-0.05, 0) is 24.1 Å². The molecule has 0 aromatic heterocycles. The monoisotopic (exact) mass is 377 g/mol. The van der Waals surface area contributed by atoms with Crippen molar-refractivity contribution in [3.63, 3.8) is 0 Å². The zero-order chi connectivity index (χ0) is 16.3. The molecular weight excluding hydrogens is 368 g/mol. The smallest absolute Gasteiger partial charge is 0.325 e. The van der Waals surface area contributed by atoms with Gasteiger partial charge in [-0.1, -0.05) is 28.1 Å². The highest BCUT2D eigenvalue weighted by atomic mass is 79.9. The van der Waals surface area contributed by atoms with Gasteiger partial charge in [0.05, 0.1) is 0 Å². The van der Waals surface area contributed by atoms with Gasteiger partial charge in [-0.3, -0.25) is 4.79 Å². The number of aryl methyl sites for hydroxylation is 1. The maximum atomic E-state index is 12.3. The number of hydrogen-bond donors (Lipinski definition) is 1. The Morgan fingerprint density at radius 3 is 1.90 bits per heavy atom. The summed E-state index contributed by atoms with van der Waals surface area (Å²) in [5, 5.41) is 2.29. The summed E-state index contributed by atoms with van der Waals surface area (Å²) in [7, 11) is 0. The number of halogens is 7.